The number of carbonyl (C=O) groups excluding carboxylic acids is 1. The number of nitrogens with zero attached hydrogens (tertiary/aromatic N) is 1. The number of rotatable bonds is 2. The molecule has 4 nitrogen and oxygen atoms in total. The standard InChI is InChI=1S/C15H20N2O2.ClH/c16-9-12-1-3-13(4-2-12)14(18)17-7-5-15(10-17)6-8-19-11-15;/h1-4H,5-11,16H2;1H. The minimum absolute atomic E-state index is 0. The van der Waals surface area contributed by atoms with Crippen molar-refractivity contribution in [1.29, 1.82) is 0 Å². The van der Waals surface area contributed by atoms with E-state index in [9.17, 15) is 4.79 Å². The summed E-state index contributed by atoms with van der Waals surface area (Å²) in [6.45, 7) is 3.85. The highest BCUT2D eigenvalue weighted by atomic mass is 35.5. The number of carbonyl (C=O) groups is 1. The molecular weight excluding hydrogens is 276 g/mol. The summed E-state index contributed by atoms with van der Waals surface area (Å²) in [7, 11) is 0. The highest BCUT2D eigenvalue weighted by Crippen LogP contribution is 2.38. The fourth-order valence-electron chi connectivity index (χ4n) is 3.05. The van der Waals surface area contributed by atoms with Gasteiger partial charge in [0.15, 0.2) is 0 Å². The van der Waals surface area contributed by atoms with Gasteiger partial charge in [0.05, 0.1) is 6.61 Å². The highest BCUT2D eigenvalue weighted by molar-refractivity contribution is 5.94. The van der Waals surface area contributed by atoms with Gasteiger partial charge < -0.3 is 15.4 Å². The van der Waals surface area contributed by atoms with Gasteiger partial charge >= 0.3 is 0 Å². The van der Waals surface area contributed by atoms with Gasteiger partial charge in [0, 0.05) is 37.2 Å². The molecule has 3 rings (SSSR count). The first-order valence-electron chi connectivity index (χ1n) is 6.88. The maximum Gasteiger partial charge on any atom is 0.253 e. The number of hydrogen-bond donors (Lipinski definition) is 1. The number of benzene rings is 1. The molecular formula is C15H21ClN2O2. The van der Waals surface area contributed by atoms with Crippen LogP contribution in [0.4, 0.5) is 0 Å². The molecule has 1 unspecified atom stereocenters. The van der Waals surface area contributed by atoms with Gasteiger partial charge in [0.1, 0.15) is 0 Å². The summed E-state index contributed by atoms with van der Waals surface area (Å²) in [6.07, 6.45) is 2.16. The first-order chi connectivity index (χ1) is 9.22. The van der Waals surface area contributed by atoms with Crippen molar-refractivity contribution in [3.63, 3.8) is 0 Å². The largest absolute Gasteiger partial charge is 0.381 e. The third-order valence-corrected chi connectivity index (χ3v) is 4.35. The van der Waals surface area contributed by atoms with Crippen molar-refractivity contribution in [3.8, 4) is 0 Å². The average molecular weight is 297 g/mol. The van der Waals surface area contributed by atoms with Crippen molar-refractivity contribution in [2.45, 2.75) is 19.4 Å². The molecule has 2 aliphatic heterocycles. The molecule has 5 heteroatoms. The van der Waals surface area contributed by atoms with Crippen molar-refractivity contribution in [3.05, 3.63) is 35.4 Å². The van der Waals surface area contributed by atoms with E-state index in [1.165, 1.54) is 0 Å². The normalized spacial score (nSPS) is 24.9. The van der Waals surface area contributed by atoms with Crippen LogP contribution in [0.2, 0.25) is 0 Å². The summed E-state index contributed by atoms with van der Waals surface area (Å²) < 4.78 is 5.49. The van der Waals surface area contributed by atoms with Gasteiger partial charge in [-0.1, -0.05) is 12.1 Å². The summed E-state index contributed by atoms with van der Waals surface area (Å²) in [4.78, 5) is 14.4. The SMILES string of the molecule is Cl.NCc1ccc(C(=O)N2CCC3(CCOC3)C2)cc1. The Morgan fingerprint density at radius 3 is 2.65 bits per heavy atom. The molecule has 1 aromatic rings. The fourth-order valence-corrected chi connectivity index (χ4v) is 3.05. The summed E-state index contributed by atoms with van der Waals surface area (Å²) in [5.74, 6) is 0.132. The Morgan fingerprint density at radius 2 is 2.05 bits per heavy atom. The highest BCUT2D eigenvalue weighted by Gasteiger charge is 2.42. The Bertz CT molecular complexity index is 469. The number of nitrogens with two attached hydrogens (primary N) is 1. The zero-order valence-electron chi connectivity index (χ0n) is 11.5. The molecule has 0 bridgehead atoms. The van der Waals surface area contributed by atoms with Gasteiger partial charge in [-0.2, -0.15) is 0 Å². The van der Waals surface area contributed by atoms with E-state index >= 15 is 0 Å². The molecule has 0 aliphatic carbocycles. The first-order valence-corrected chi connectivity index (χ1v) is 6.88. The van der Waals surface area contributed by atoms with Gasteiger partial charge in [-0.3, -0.25) is 4.79 Å². The Morgan fingerprint density at radius 1 is 1.30 bits per heavy atom. The van der Waals surface area contributed by atoms with Crippen LogP contribution in [-0.2, 0) is 11.3 Å². The lowest BCUT2D eigenvalue weighted by molar-refractivity contribution is 0.0765. The van der Waals surface area contributed by atoms with Crippen LogP contribution in [0.25, 0.3) is 0 Å². The minimum Gasteiger partial charge on any atom is -0.381 e. The molecule has 0 aromatic heterocycles. The quantitative estimate of drug-likeness (QED) is 0.906. The Hall–Kier alpha value is -1.10. The topological polar surface area (TPSA) is 55.6 Å². The van der Waals surface area contributed by atoms with E-state index in [0.717, 1.165) is 50.3 Å². The summed E-state index contributed by atoms with van der Waals surface area (Å²) in [5.41, 5.74) is 7.61. The fraction of sp³-hybridized carbons (Fsp3) is 0.533. The molecule has 1 amide bonds. The number of amides is 1. The minimum atomic E-state index is 0. The molecule has 110 valence electrons. The van der Waals surface area contributed by atoms with Gasteiger partial charge in [-0.05, 0) is 30.5 Å². The molecule has 0 saturated carbocycles. The van der Waals surface area contributed by atoms with Gasteiger partial charge in [0.25, 0.3) is 5.91 Å². The van der Waals surface area contributed by atoms with Crippen LogP contribution in [-0.4, -0.2) is 37.1 Å². The van der Waals surface area contributed by atoms with Crippen molar-refractivity contribution in [2.75, 3.05) is 26.3 Å². The zero-order valence-corrected chi connectivity index (χ0v) is 12.3. The lowest BCUT2D eigenvalue weighted by Crippen LogP contribution is -2.32. The van der Waals surface area contributed by atoms with Crippen LogP contribution >= 0.6 is 12.4 Å². The van der Waals surface area contributed by atoms with Crippen molar-refractivity contribution < 1.29 is 9.53 Å². The lowest BCUT2D eigenvalue weighted by atomic mass is 9.87. The molecule has 1 atom stereocenters. The van der Waals surface area contributed by atoms with Crippen molar-refractivity contribution in [1.82, 2.24) is 4.90 Å². The third-order valence-electron chi connectivity index (χ3n) is 4.35. The number of halogens is 1. The van der Waals surface area contributed by atoms with E-state index in [1.54, 1.807) is 0 Å². The van der Waals surface area contributed by atoms with Crippen LogP contribution in [0.3, 0.4) is 0 Å². The Balaban J connectivity index is 0.00000147. The molecule has 2 aliphatic rings. The molecule has 2 heterocycles. The van der Waals surface area contributed by atoms with Crippen molar-refractivity contribution in [2.24, 2.45) is 11.1 Å². The van der Waals surface area contributed by atoms with Gasteiger partial charge in [-0.15, -0.1) is 12.4 Å². The summed E-state index contributed by atoms with van der Waals surface area (Å²) in [6, 6.07) is 7.61. The molecule has 1 aromatic carbocycles. The number of likely N-dealkylation sites (tertiary alicyclic amines) is 1. The predicted molar refractivity (Wildman–Crippen MR) is 80.0 cm³/mol. The van der Waals surface area contributed by atoms with E-state index in [1.807, 2.05) is 29.2 Å². The predicted octanol–water partition coefficient (Wildman–Crippen LogP) is 1.82. The number of hydrogen-bond acceptors (Lipinski definition) is 3. The molecule has 2 saturated heterocycles. The lowest BCUT2D eigenvalue weighted by Gasteiger charge is -2.22. The summed E-state index contributed by atoms with van der Waals surface area (Å²) in [5, 5.41) is 0. The van der Waals surface area contributed by atoms with Crippen LogP contribution in [0, 0.1) is 5.41 Å². The molecule has 2 fully saturated rings. The second-order valence-electron chi connectivity index (χ2n) is 5.68. The van der Waals surface area contributed by atoms with E-state index in [0.29, 0.717) is 6.54 Å². The van der Waals surface area contributed by atoms with Crippen LogP contribution in [0.1, 0.15) is 28.8 Å². The van der Waals surface area contributed by atoms with E-state index in [2.05, 4.69) is 0 Å². The van der Waals surface area contributed by atoms with Crippen LogP contribution < -0.4 is 5.73 Å². The van der Waals surface area contributed by atoms with E-state index in [4.69, 9.17) is 10.5 Å². The van der Waals surface area contributed by atoms with Crippen molar-refractivity contribution >= 4 is 18.3 Å². The summed E-state index contributed by atoms with van der Waals surface area (Å²) >= 11 is 0. The Labute approximate surface area is 125 Å². The smallest absolute Gasteiger partial charge is 0.253 e. The van der Waals surface area contributed by atoms with E-state index < -0.39 is 0 Å². The van der Waals surface area contributed by atoms with Gasteiger partial charge in [-0.25, -0.2) is 0 Å². The molecule has 0 radical (unpaired) electrons. The first kappa shape index (κ1) is 15.3. The maximum atomic E-state index is 12.4. The van der Waals surface area contributed by atoms with Crippen LogP contribution in [0.5, 0.6) is 0 Å². The van der Waals surface area contributed by atoms with Crippen LogP contribution in [0.15, 0.2) is 24.3 Å². The van der Waals surface area contributed by atoms with Gasteiger partial charge in [0.2, 0.25) is 0 Å². The Kier molecular flexibility index (Phi) is 4.68. The molecule has 20 heavy (non-hydrogen) atoms. The van der Waals surface area contributed by atoms with E-state index in [-0.39, 0.29) is 23.7 Å². The molecule has 2 N–H and O–H groups in total. The second-order valence-corrected chi connectivity index (χ2v) is 5.68. The average Bonchev–Trinajstić information content (AvgIpc) is 3.09. The third kappa shape index (κ3) is 2.82. The molecule has 1 spiro atoms. The number of ether oxygens (including phenoxy) is 1. The monoisotopic (exact) mass is 296 g/mol. The zero-order chi connectivity index (χ0) is 13.3. The maximum absolute atomic E-state index is 12.4. The second kappa shape index (κ2) is 6.12.